The van der Waals surface area contributed by atoms with Crippen LogP contribution in [0.25, 0.3) is 0 Å². The maximum Gasteiger partial charge on any atom is 0.151 e. The number of pyridine rings is 1. The van der Waals surface area contributed by atoms with Crippen LogP contribution in [-0.2, 0) is 9.84 Å². The summed E-state index contributed by atoms with van der Waals surface area (Å²) in [7, 11) is -2.81. The van der Waals surface area contributed by atoms with Crippen LogP contribution in [0.4, 0.5) is 5.69 Å². The van der Waals surface area contributed by atoms with Crippen molar-refractivity contribution in [3.8, 4) is 6.07 Å². The minimum Gasteiger partial charge on any atom is -0.368 e. The number of anilines is 1. The highest BCUT2D eigenvalue weighted by Gasteiger charge is 2.33. The van der Waals surface area contributed by atoms with Gasteiger partial charge in [-0.1, -0.05) is 0 Å². The summed E-state index contributed by atoms with van der Waals surface area (Å²) in [4.78, 5) is 8.61. The van der Waals surface area contributed by atoms with E-state index in [-0.39, 0.29) is 6.04 Å². The summed E-state index contributed by atoms with van der Waals surface area (Å²) in [6, 6.07) is 5.85. The van der Waals surface area contributed by atoms with Gasteiger partial charge in [-0.05, 0) is 18.6 Å². The first-order valence-corrected chi connectivity index (χ1v) is 8.95. The zero-order chi connectivity index (χ0) is 14.9. The summed E-state index contributed by atoms with van der Waals surface area (Å²) >= 11 is 0. The van der Waals surface area contributed by atoms with E-state index in [1.54, 1.807) is 12.3 Å². The van der Waals surface area contributed by atoms with E-state index in [9.17, 15) is 8.42 Å². The molecule has 3 rings (SSSR count). The molecule has 0 radical (unpaired) electrons. The van der Waals surface area contributed by atoms with Gasteiger partial charge in [0.1, 0.15) is 11.8 Å². The number of rotatable bonds is 2. The lowest BCUT2D eigenvalue weighted by Crippen LogP contribution is -2.50. The van der Waals surface area contributed by atoms with Gasteiger partial charge in [0.15, 0.2) is 9.84 Å². The fraction of sp³-hybridized carbons (Fsp3) is 0.571. The van der Waals surface area contributed by atoms with Crippen LogP contribution in [0.5, 0.6) is 0 Å². The van der Waals surface area contributed by atoms with Crippen molar-refractivity contribution in [2.75, 3.05) is 42.6 Å². The molecule has 0 aliphatic carbocycles. The van der Waals surface area contributed by atoms with Gasteiger partial charge in [0, 0.05) is 32.2 Å². The molecule has 1 aromatic heterocycles. The number of sulfone groups is 1. The lowest BCUT2D eigenvalue weighted by molar-refractivity contribution is 0.200. The van der Waals surface area contributed by atoms with E-state index in [0.717, 1.165) is 38.3 Å². The molecule has 0 saturated carbocycles. The molecular formula is C14H18N4O2S. The van der Waals surface area contributed by atoms with Crippen molar-refractivity contribution in [2.45, 2.75) is 12.5 Å². The first kappa shape index (κ1) is 14.3. The second-order valence-electron chi connectivity index (χ2n) is 5.59. The molecule has 0 bridgehead atoms. The monoisotopic (exact) mass is 306 g/mol. The lowest BCUT2D eigenvalue weighted by Gasteiger charge is -2.38. The quantitative estimate of drug-likeness (QED) is 0.780. The predicted octanol–water partition coefficient (Wildman–Crippen LogP) is 0.262. The number of nitriles is 1. The van der Waals surface area contributed by atoms with E-state index in [1.807, 2.05) is 12.1 Å². The molecule has 21 heavy (non-hydrogen) atoms. The van der Waals surface area contributed by atoms with Gasteiger partial charge in [0.2, 0.25) is 0 Å². The van der Waals surface area contributed by atoms with E-state index in [4.69, 9.17) is 5.26 Å². The van der Waals surface area contributed by atoms with Crippen molar-refractivity contribution in [1.29, 1.82) is 5.26 Å². The third-order valence-corrected chi connectivity index (χ3v) is 6.02. The second-order valence-corrected chi connectivity index (χ2v) is 7.82. The molecule has 2 saturated heterocycles. The van der Waals surface area contributed by atoms with Gasteiger partial charge < -0.3 is 4.90 Å². The van der Waals surface area contributed by atoms with Crippen LogP contribution in [-0.4, -0.2) is 62.0 Å². The molecule has 6 nitrogen and oxygen atoms in total. The van der Waals surface area contributed by atoms with Gasteiger partial charge in [0.25, 0.3) is 0 Å². The molecule has 0 amide bonds. The Hall–Kier alpha value is -1.65. The van der Waals surface area contributed by atoms with Crippen molar-refractivity contribution in [1.82, 2.24) is 9.88 Å². The summed E-state index contributed by atoms with van der Waals surface area (Å²) in [5, 5.41) is 8.76. The van der Waals surface area contributed by atoms with Gasteiger partial charge in [-0.25, -0.2) is 13.4 Å². The van der Waals surface area contributed by atoms with Crippen LogP contribution >= 0.6 is 0 Å². The Bertz CT molecular complexity index is 643. The number of aromatic nitrogens is 1. The number of hydrogen-bond acceptors (Lipinski definition) is 6. The predicted molar refractivity (Wildman–Crippen MR) is 79.8 cm³/mol. The standard InChI is InChI=1S/C14H18N4O2S/c15-9-12-1-2-13(10-16-12)17-4-6-18(7-5-17)14-3-8-21(19,20)11-14/h1-2,10,14H,3-8,11H2/t14-/m0/s1. The summed E-state index contributed by atoms with van der Waals surface area (Å²) in [6.45, 7) is 3.48. The summed E-state index contributed by atoms with van der Waals surface area (Å²) < 4.78 is 23.1. The van der Waals surface area contributed by atoms with Crippen LogP contribution < -0.4 is 4.90 Å². The average molecular weight is 306 g/mol. The molecular weight excluding hydrogens is 288 g/mol. The van der Waals surface area contributed by atoms with E-state index in [0.29, 0.717) is 17.2 Å². The highest BCUT2D eigenvalue weighted by Crippen LogP contribution is 2.21. The largest absolute Gasteiger partial charge is 0.368 e. The van der Waals surface area contributed by atoms with Crippen molar-refractivity contribution >= 4 is 15.5 Å². The third-order valence-electron chi connectivity index (χ3n) is 4.27. The van der Waals surface area contributed by atoms with Crippen LogP contribution in [0, 0.1) is 11.3 Å². The molecule has 1 atom stereocenters. The van der Waals surface area contributed by atoms with Crippen molar-refractivity contribution in [3.63, 3.8) is 0 Å². The number of nitrogens with zero attached hydrogens (tertiary/aromatic N) is 4. The lowest BCUT2D eigenvalue weighted by atomic mass is 10.2. The highest BCUT2D eigenvalue weighted by molar-refractivity contribution is 7.91. The van der Waals surface area contributed by atoms with Gasteiger partial charge in [-0.2, -0.15) is 5.26 Å². The van der Waals surface area contributed by atoms with Gasteiger partial charge in [-0.15, -0.1) is 0 Å². The van der Waals surface area contributed by atoms with E-state index in [2.05, 4.69) is 14.8 Å². The molecule has 0 unspecified atom stereocenters. The molecule has 0 N–H and O–H groups in total. The van der Waals surface area contributed by atoms with Gasteiger partial charge >= 0.3 is 0 Å². The minimum absolute atomic E-state index is 0.191. The summed E-state index contributed by atoms with van der Waals surface area (Å²) in [5.74, 6) is 0.642. The molecule has 3 heterocycles. The third kappa shape index (κ3) is 3.17. The van der Waals surface area contributed by atoms with Gasteiger partial charge in [-0.3, -0.25) is 4.90 Å². The first-order chi connectivity index (χ1) is 10.1. The summed E-state index contributed by atoms with van der Waals surface area (Å²) in [6.07, 6.45) is 2.50. The van der Waals surface area contributed by atoms with Crippen LogP contribution in [0.15, 0.2) is 18.3 Å². The Balaban J connectivity index is 1.59. The first-order valence-electron chi connectivity index (χ1n) is 7.13. The Morgan fingerprint density at radius 2 is 2.00 bits per heavy atom. The Kier molecular flexibility index (Phi) is 3.83. The molecule has 112 valence electrons. The zero-order valence-corrected chi connectivity index (χ0v) is 12.6. The molecule has 0 aromatic carbocycles. The van der Waals surface area contributed by atoms with Crippen molar-refractivity contribution in [2.24, 2.45) is 0 Å². The molecule has 2 aliphatic rings. The molecule has 1 aromatic rings. The minimum atomic E-state index is -2.81. The second kappa shape index (κ2) is 5.62. The number of piperazine rings is 1. The Morgan fingerprint density at radius 3 is 2.52 bits per heavy atom. The topological polar surface area (TPSA) is 77.3 Å². The van der Waals surface area contributed by atoms with Gasteiger partial charge in [0.05, 0.1) is 23.4 Å². The fourth-order valence-electron chi connectivity index (χ4n) is 3.05. The normalized spacial score (nSPS) is 25.7. The average Bonchev–Trinajstić information content (AvgIpc) is 2.88. The van der Waals surface area contributed by atoms with Crippen LogP contribution in [0.1, 0.15) is 12.1 Å². The fourth-order valence-corrected chi connectivity index (χ4v) is 4.81. The SMILES string of the molecule is N#Cc1ccc(N2CCN([C@H]3CCS(=O)(=O)C3)CC2)cn1. The van der Waals surface area contributed by atoms with Crippen molar-refractivity contribution in [3.05, 3.63) is 24.0 Å². The maximum absolute atomic E-state index is 11.6. The maximum atomic E-state index is 11.6. The van der Waals surface area contributed by atoms with E-state index < -0.39 is 9.84 Å². The highest BCUT2D eigenvalue weighted by atomic mass is 32.2. The molecule has 2 fully saturated rings. The van der Waals surface area contributed by atoms with Crippen molar-refractivity contribution < 1.29 is 8.42 Å². The number of hydrogen-bond donors (Lipinski definition) is 0. The smallest absolute Gasteiger partial charge is 0.151 e. The molecule has 7 heteroatoms. The van der Waals surface area contributed by atoms with Crippen LogP contribution in [0.2, 0.25) is 0 Å². The Labute approximate surface area is 124 Å². The zero-order valence-electron chi connectivity index (χ0n) is 11.8. The van der Waals surface area contributed by atoms with Crippen LogP contribution in [0.3, 0.4) is 0 Å². The summed E-state index contributed by atoms with van der Waals surface area (Å²) in [5.41, 5.74) is 1.45. The van der Waals surface area contributed by atoms with E-state index in [1.165, 1.54) is 0 Å². The molecule has 0 spiro atoms. The molecule has 2 aliphatic heterocycles. The Morgan fingerprint density at radius 1 is 1.24 bits per heavy atom. The van der Waals surface area contributed by atoms with E-state index >= 15 is 0 Å².